The van der Waals surface area contributed by atoms with Crippen LogP contribution in [0.2, 0.25) is 0 Å². The Morgan fingerprint density at radius 1 is 0.952 bits per heavy atom. The van der Waals surface area contributed by atoms with Crippen molar-refractivity contribution in [2.75, 3.05) is 18.0 Å². The molecule has 3 nitrogen and oxygen atoms in total. The van der Waals surface area contributed by atoms with Gasteiger partial charge in [0.2, 0.25) is 5.95 Å². The SMILES string of the molecule is Cc1c(Br)c(Br)c2c3c1nc(N1CCCCC1)n3CCC2. The van der Waals surface area contributed by atoms with Gasteiger partial charge in [-0.25, -0.2) is 4.98 Å². The second-order valence-corrected chi connectivity index (χ2v) is 7.73. The molecule has 2 aliphatic heterocycles. The maximum absolute atomic E-state index is 5.05. The van der Waals surface area contributed by atoms with E-state index < -0.39 is 0 Å². The van der Waals surface area contributed by atoms with Crippen molar-refractivity contribution in [3.05, 3.63) is 20.1 Å². The molecule has 0 aliphatic carbocycles. The topological polar surface area (TPSA) is 21.1 Å². The maximum Gasteiger partial charge on any atom is 0.206 e. The zero-order chi connectivity index (χ0) is 14.6. The van der Waals surface area contributed by atoms with Gasteiger partial charge >= 0.3 is 0 Å². The van der Waals surface area contributed by atoms with Crippen molar-refractivity contribution in [3.63, 3.8) is 0 Å². The normalized spacial score (nSPS) is 18.5. The number of halogens is 2. The number of imidazole rings is 1. The molecule has 0 N–H and O–H groups in total. The third-order valence-corrected chi connectivity index (χ3v) is 7.22. The van der Waals surface area contributed by atoms with Gasteiger partial charge in [0, 0.05) is 28.6 Å². The van der Waals surface area contributed by atoms with Gasteiger partial charge in [0.25, 0.3) is 0 Å². The molecule has 2 aromatic rings. The lowest BCUT2D eigenvalue weighted by atomic mass is 10.0. The van der Waals surface area contributed by atoms with E-state index in [1.165, 1.54) is 62.7 Å². The van der Waals surface area contributed by atoms with Crippen LogP contribution in [0.5, 0.6) is 0 Å². The average molecular weight is 413 g/mol. The van der Waals surface area contributed by atoms with E-state index in [0.29, 0.717) is 0 Å². The van der Waals surface area contributed by atoms with Crippen LogP contribution in [0.4, 0.5) is 5.95 Å². The summed E-state index contributed by atoms with van der Waals surface area (Å²) in [5.41, 5.74) is 5.21. The van der Waals surface area contributed by atoms with Crippen molar-refractivity contribution >= 4 is 48.8 Å². The smallest absolute Gasteiger partial charge is 0.206 e. The second kappa shape index (κ2) is 5.27. The van der Waals surface area contributed by atoms with Crippen LogP contribution in [0.25, 0.3) is 11.0 Å². The molecule has 0 unspecified atom stereocenters. The van der Waals surface area contributed by atoms with Crippen LogP contribution in [0.15, 0.2) is 8.95 Å². The standard InChI is InChI=1S/C16H19Br2N3/c1-10-12(17)13(18)11-6-5-9-21-15(11)14(10)19-16(21)20-7-3-2-4-8-20/h2-9H2,1H3. The van der Waals surface area contributed by atoms with Crippen molar-refractivity contribution in [1.29, 1.82) is 0 Å². The van der Waals surface area contributed by atoms with Gasteiger partial charge in [-0.3, -0.25) is 0 Å². The minimum Gasteiger partial charge on any atom is -0.342 e. The van der Waals surface area contributed by atoms with Crippen LogP contribution in [0.1, 0.15) is 36.8 Å². The van der Waals surface area contributed by atoms with Gasteiger partial charge in [-0.05, 0) is 82.0 Å². The Hall–Kier alpha value is -0.550. The molecule has 0 saturated carbocycles. The van der Waals surface area contributed by atoms with E-state index in [4.69, 9.17) is 4.98 Å². The Balaban J connectivity index is 1.98. The highest BCUT2D eigenvalue weighted by Gasteiger charge is 2.26. The van der Waals surface area contributed by atoms with Crippen molar-refractivity contribution in [1.82, 2.24) is 9.55 Å². The van der Waals surface area contributed by atoms with Crippen molar-refractivity contribution < 1.29 is 0 Å². The number of anilines is 1. The first-order valence-electron chi connectivity index (χ1n) is 7.80. The summed E-state index contributed by atoms with van der Waals surface area (Å²) >= 11 is 7.52. The number of hydrogen-bond acceptors (Lipinski definition) is 2. The molecule has 5 heteroatoms. The van der Waals surface area contributed by atoms with E-state index in [1.807, 2.05) is 0 Å². The molecule has 0 bridgehead atoms. The molecule has 0 radical (unpaired) electrons. The van der Waals surface area contributed by atoms with Crippen LogP contribution < -0.4 is 4.90 Å². The molecule has 3 heterocycles. The van der Waals surface area contributed by atoms with Crippen molar-refractivity contribution in [2.24, 2.45) is 0 Å². The predicted molar refractivity (Wildman–Crippen MR) is 94.3 cm³/mol. The third kappa shape index (κ3) is 2.07. The molecule has 1 aromatic heterocycles. The lowest BCUT2D eigenvalue weighted by Crippen LogP contribution is -2.32. The van der Waals surface area contributed by atoms with Crippen molar-refractivity contribution in [2.45, 2.75) is 45.6 Å². The van der Waals surface area contributed by atoms with Gasteiger partial charge < -0.3 is 9.47 Å². The highest BCUT2D eigenvalue weighted by molar-refractivity contribution is 9.13. The van der Waals surface area contributed by atoms with Gasteiger partial charge in [0.1, 0.15) is 0 Å². The minimum atomic E-state index is 1.10. The van der Waals surface area contributed by atoms with Gasteiger partial charge in [-0.15, -0.1) is 0 Å². The molecule has 1 aromatic carbocycles. The van der Waals surface area contributed by atoms with Crippen LogP contribution in [0.3, 0.4) is 0 Å². The molecule has 112 valence electrons. The molecule has 1 fully saturated rings. The van der Waals surface area contributed by atoms with Gasteiger partial charge in [-0.2, -0.15) is 0 Å². The molecule has 1 saturated heterocycles. The summed E-state index contributed by atoms with van der Waals surface area (Å²) in [6.07, 6.45) is 6.29. The van der Waals surface area contributed by atoms with Gasteiger partial charge in [0.15, 0.2) is 0 Å². The fraction of sp³-hybridized carbons (Fsp3) is 0.562. The minimum absolute atomic E-state index is 1.10. The Morgan fingerprint density at radius 2 is 1.71 bits per heavy atom. The largest absolute Gasteiger partial charge is 0.342 e. The van der Waals surface area contributed by atoms with Crippen LogP contribution >= 0.6 is 31.9 Å². The highest BCUT2D eigenvalue weighted by Crippen LogP contribution is 2.41. The first-order valence-corrected chi connectivity index (χ1v) is 9.38. The fourth-order valence-corrected chi connectivity index (χ4v) is 4.81. The van der Waals surface area contributed by atoms with Crippen LogP contribution in [-0.2, 0) is 13.0 Å². The zero-order valence-corrected chi connectivity index (χ0v) is 15.4. The highest BCUT2D eigenvalue weighted by atomic mass is 79.9. The summed E-state index contributed by atoms with van der Waals surface area (Å²) in [6, 6.07) is 0. The van der Waals surface area contributed by atoms with Crippen LogP contribution in [-0.4, -0.2) is 22.6 Å². The average Bonchev–Trinajstić information content (AvgIpc) is 2.92. The Bertz CT molecular complexity index is 714. The quantitative estimate of drug-likeness (QED) is 0.670. The molecule has 0 spiro atoms. The number of benzene rings is 1. The molecular formula is C16H19Br2N3. The number of nitrogens with zero attached hydrogens (tertiary/aromatic N) is 3. The van der Waals surface area contributed by atoms with E-state index >= 15 is 0 Å². The number of rotatable bonds is 1. The summed E-state index contributed by atoms with van der Waals surface area (Å²) in [5.74, 6) is 1.19. The molecule has 0 amide bonds. The Morgan fingerprint density at radius 3 is 2.48 bits per heavy atom. The fourth-order valence-electron chi connectivity index (χ4n) is 3.70. The second-order valence-electron chi connectivity index (χ2n) is 6.14. The number of hydrogen-bond donors (Lipinski definition) is 0. The van der Waals surface area contributed by atoms with Crippen molar-refractivity contribution in [3.8, 4) is 0 Å². The molecule has 21 heavy (non-hydrogen) atoms. The molecule has 0 atom stereocenters. The predicted octanol–water partition coefficient (Wildman–Crippen LogP) is 4.81. The maximum atomic E-state index is 5.05. The van der Waals surface area contributed by atoms with Gasteiger partial charge in [0.05, 0.1) is 11.0 Å². The Kier molecular flexibility index (Phi) is 3.53. The zero-order valence-electron chi connectivity index (χ0n) is 12.3. The van der Waals surface area contributed by atoms with E-state index in [9.17, 15) is 0 Å². The van der Waals surface area contributed by atoms with Crippen LogP contribution in [0, 0.1) is 6.92 Å². The number of aryl methyl sites for hydroxylation is 3. The number of piperidine rings is 1. The first kappa shape index (κ1) is 14.1. The van der Waals surface area contributed by atoms with E-state index in [-0.39, 0.29) is 0 Å². The van der Waals surface area contributed by atoms with Gasteiger partial charge in [-0.1, -0.05) is 0 Å². The number of aromatic nitrogens is 2. The molecular weight excluding hydrogens is 394 g/mol. The summed E-state index contributed by atoms with van der Waals surface area (Å²) < 4.78 is 4.85. The summed E-state index contributed by atoms with van der Waals surface area (Å²) in [7, 11) is 0. The summed E-state index contributed by atoms with van der Waals surface area (Å²) in [6.45, 7) is 5.57. The lowest BCUT2D eigenvalue weighted by Gasteiger charge is -2.29. The summed E-state index contributed by atoms with van der Waals surface area (Å²) in [4.78, 5) is 7.53. The molecule has 2 aliphatic rings. The van der Waals surface area contributed by atoms with E-state index in [2.05, 4.69) is 48.3 Å². The molecule has 4 rings (SSSR count). The monoisotopic (exact) mass is 411 g/mol. The third-order valence-electron chi connectivity index (χ3n) is 4.82. The van der Waals surface area contributed by atoms with E-state index in [0.717, 1.165) is 26.1 Å². The van der Waals surface area contributed by atoms with E-state index in [1.54, 1.807) is 0 Å². The Labute approximate surface area is 142 Å². The first-order chi connectivity index (χ1) is 10.2. The summed E-state index contributed by atoms with van der Waals surface area (Å²) in [5, 5.41) is 0. The lowest BCUT2D eigenvalue weighted by molar-refractivity contribution is 0.546.